The molecule has 0 fully saturated rings. The van der Waals surface area contributed by atoms with Crippen LogP contribution in [0.4, 0.5) is 0 Å². The van der Waals surface area contributed by atoms with Crippen molar-refractivity contribution in [1.29, 1.82) is 0 Å². The lowest BCUT2D eigenvalue weighted by Gasteiger charge is -2.34. The minimum absolute atomic E-state index is 0.0983. The lowest BCUT2D eigenvalue weighted by Crippen LogP contribution is -2.54. The Morgan fingerprint density at radius 3 is 2.15 bits per heavy atom. The van der Waals surface area contributed by atoms with Crippen molar-refractivity contribution in [2.45, 2.75) is 50.2 Å². The van der Waals surface area contributed by atoms with Crippen molar-refractivity contribution in [2.75, 3.05) is 5.75 Å². The van der Waals surface area contributed by atoms with Crippen molar-refractivity contribution >= 4 is 35.2 Å². The molecule has 1 N–H and O–H groups in total. The number of benzene rings is 3. The van der Waals surface area contributed by atoms with Crippen LogP contribution < -0.4 is 5.32 Å². The van der Waals surface area contributed by atoms with Gasteiger partial charge in [-0.3, -0.25) is 9.59 Å². The number of carbonyl (C=O) groups excluding carboxylic acids is 2. The van der Waals surface area contributed by atoms with E-state index >= 15 is 0 Å². The van der Waals surface area contributed by atoms with Gasteiger partial charge in [-0.05, 0) is 56.2 Å². The number of hydrogen-bond donors (Lipinski definition) is 1. The highest BCUT2D eigenvalue weighted by atomic mass is 35.5. The monoisotopic (exact) mass is 494 g/mol. The van der Waals surface area contributed by atoms with Gasteiger partial charge in [-0.25, -0.2) is 0 Å². The summed E-state index contributed by atoms with van der Waals surface area (Å²) in [6.45, 7) is 6.13. The van der Waals surface area contributed by atoms with E-state index in [-0.39, 0.29) is 17.6 Å². The van der Waals surface area contributed by atoms with Crippen molar-refractivity contribution in [2.24, 2.45) is 0 Å². The minimum atomic E-state index is -0.663. The maximum atomic E-state index is 13.6. The van der Waals surface area contributed by atoms with E-state index in [1.54, 1.807) is 11.0 Å². The van der Waals surface area contributed by atoms with Crippen LogP contribution in [0.3, 0.4) is 0 Å². The molecular formula is C28H31ClN2O2S. The maximum Gasteiger partial charge on any atom is 0.243 e. The second-order valence-electron chi connectivity index (χ2n) is 9.20. The van der Waals surface area contributed by atoms with E-state index in [0.717, 1.165) is 16.0 Å². The summed E-state index contributed by atoms with van der Waals surface area (Å²) in [5.74, 6) is -0.0335. The number of nitrogens with one attached hydrogen (secondary N) is 1. The first-order chi connectivity index (χ1) is 16.2. The topological polar surface area (TPSA) is 49.4 Å². The average Bonchev–Trinajstić information content (AvgIpc) is 2.80. The fourth-order valence-corrected chi connectivity index (χ4v) is 4.60. The Bertz CT molecular complexity index is 1080. The fourth-order valence-electron chi connectivity index (χ4n) is 3.58. The molecule has 0 bridgehead atoms. The summed E-state index contributed by atoms with van der Waals surface area (Å²) in [4.78, 5) is 29.8. The van der Waals surface area contributed by atoms with E-state index < -0.39 is 11.6 Å². The van der Waals surface area contributed by atoms with Gasteiger partial charge in [0.2, 0.25) is 11.8 Å². The van der Waals surface area contributed by atoms with Gasteiger partial charge < -0.3 is 10.2 Å². The minimum Gasteiger partial charge on any atom is -0.350 e. The maximum absolute atomic E-state index is 13.6. The predicted octanol–water partition coefficient (Wildman–Crippen LogP) is 5.99. The Morgan fingerprint density at radius 1 is 0.912 bits per heavy atom. The molecule has 3 aromatic carbocycles. The van der Waals surface area contributed by atoms with Crippen LogP contribution in [0.15, 0.2) is 89.8 Å². The quantitative estimate of drug-likeness (QED) is 0.372. The molecule has 0 aliphatic rings. The van der Waals surface area contributed by atoms with Crippen LogP contribution in [0.5, 0.6) is 0 Å². The van der Waals surface area contributed by atoms with E-state index in [4.69, 9.17) is 11.6 Å². The molecule has 0 saturated heterocycles. The second-order valence-corrected chi connectivity index (χ2v) is 10.7. The van der Waals surface area contributed by atoms with Gasteiger partial charge in [0.05, 0.1) is 5.75 Å². The molecule has 178 valence electrons. The summed E-state index contributed by atoms with van der Waals surface area (Å²) in [7, 11) is 0. The van der Waals surface area contributed by atoms with Crippen molar-refractivity contribution in [1.82, 2.24) is 10.2 Å². The number of thioether (sulfide) groups is 1. The van der Waals surface area contributed by atoms with Crippen LogP contribution in [-0.4, -0.2) is 34.0 Å². The third-order valence-electron chi connectivity index (χ3n) is 5.12. The normalized spacial score (nSPS) is 12.1. The zero-order valence-electron chi connectivity index (χ0n) is 19.8. The number of rotatable bonds is 9. The van der Waals surface area contributed by atoms with Gasteiger partial charge in [0, 0.05) is 28.4 Å². The van der Waals surface area contributed by atoms with E-state index in [0.29, 0.717) is 18.0 Å². The first-order valence-corrected chi connectivity index (χ1v) is 12.7. The smallest absolute Gasteiger partial charge is 0.243 e. The zero-order valence-corrected chi connectivity index (χ0v) is 21.4. The van der Waals surface area contributed by atoms with Crippen LogP contribution in [-0.2, 0) is 22.6 Å². The first-order valence-electron chi connectivity index (χ1n) is 11.3. The van der Waals surface area contributed by atoms with Crippen LogP contribution in [0.1, 0.15) is 31.9 Å². The molecule has 6 heteroatoms. The van der Waals surface area contributed by atoms with E-state index in [1.165, 1.54) is 11.8 Å². The Hall–Kier alpha value is -2.76. The Labute approximate surface area is 211 Å². The molecule has 0 radical (unpaired) electrons. The molecular weight excluding hydrogens is 464 g/mol. The Morgan fingerprint density at radius 2 is 1.53 bits per heavy atom. The molecule has 3 aromatic rings. The molecule has 0 unspecified atom stereocenters. The van der Waals surface area contributed by atoms with Gasteiger partial charge in [-0.15, -0.1) is 11.8 Å². The predicted molar refractivity (Wildman–Crippen MR) is 141 cm³/mol. The van der Waals surface area contributed by atoms with E-state index in [1.807, 2.05) is 99.6 Å². The number of halogens is 1. The molecule has 0 spiro atoms. The largest absolute Gasteiger partial charge is 0.350 e. The van der Waals surface area contributed by atoms with E-state index in [2.05, 4.69) is 5.32 Å². The third-order valence-corrected chi connectivity index (χ3v) is 6.35. The number of nitrogens with zero attached hydrogens (tertiary/aromatic N) is 1. The molecule has 2 amide bonds. The molecule has 0 aliphatic heterocycles. The third kappa shape index (κ3) is 8.23. The van der Waals surface area contributed by atoms with Crippen molar-refractivity contribution in [3.63, 3.8) is 0 Å². The average molecular weight is 495 g/mol. The summed E-state index contributed by atoms with van der Waals surface area (Å²) in [5, 5.41) is 3.68. The summed E-state index contributed by atoms with van der Waals surface area (Å²) < 4.78 is 0. The highest BCUT2D eigenvalue weighted by molar-refractivity contribution is 8.00. The van der Waals surface area contributed by atoms with Gasteiger partial charge in [-0.1, -0.05) is 72.3 Å². The van der Waals surface area contributed by atoms with Gasteiger partial charge >= 0.3 is 0 Å². The second kappa shape index (κ2) is 12.1. The van der Waals surface area contributed by atoms with Gasteiger partial charge in [-0.2, -0.15) is 0 Å². The molecule has 0 heterocycles. The highest BCUT2D eigenvalue weighted by Gasteiger charge is 2.32. The Kier molecular flexibility index (Phi) is 9.20. The lowest BCUT2D eigenvalue weighted by atomic mass is 10.0. The SMILES string of the molecule is CC(C)(C)NC(=O)[C@H](Cc1ccccc1)N(Cc1cccc(Cl)c1)C(=O)CSc1ccccc1. The van der Waals surface area contributed by atoms with Crippen LogP contribution in [0.25, 0.3) is 0 Å². The summed E-state index contributed by atoms with van der Waals surface area (Å²) in [5.41, 5.74) is 1.46. The number of carbonyl (C=O) groups is 2. The lowest BCUT2D eigenvalue weighted by molar-refractivity contribution is -0.140. The van der Waals surface area contributed by atoms with Crippen molar-refractivity contribution in [3.05, 3.63) is 101 Å². The van der Waals surface area contributed by atoms with Gasteiger partial charge in [0.25, 0.3) is 0 Å². The van der Waals surface area contributed by atoms with Gasteiger partial charge in [0.15, 0.2) is 0 Å². The molecule has 1 atom stereocenters. The van der Waals surface area contributed by atoms with E-state index in [9.17, 15) is 9.59 Å². The Balaban J connectivity index is 1.92. The fraction of sp³-hybridized carbons (Fsp3) is 0.286. The summed E-state index contributed by atoms with van der Waals surface area (Å²) in [6, 6.07) is 26.4. The number of amides is 2. The first kappa shape index (κ1) is 25.9. The van der Waals surface area contributed by atoms with Crippen molar-refractivity contribution in [3.8, 4) is 0 Å². The van der Waals surface area contributed by atoms with Crippen LogP contribution in [0.2, 0.25) is 5.02 Å². The van der Waals surface area contributed by atoms with Crippen molar-refractivity contribution < 1.29 is 9.59 Å². The summed E-state index contributed by atoms with van der Waals surface area (Å²) in [6.07, 6.45) is 0.422. The van der Waals surface area contributed by atoms with Gasteiger partial charge in [0.1, 0.15) is 6.04 Å². The molecule has 0 aliphatic carbocycles. The molecule has 3 rings (SSSR count). The zero-order chi connectivity index (χ0) is 24.6. The molecule has 0 aromatic heterocycles. The molecule has 0 saturated carbocycles. The molecule has 4 nitrogen and oxygen atoms in total. The summed E-state index contributed by atoms with van der Waals surface area (Å²) >= 11 is 7.69. The molecule has 34 heavy (non-hydrogen) atoms. The highest BCUT2D eigenvalue weighted by Crippen LogP contribution is 2.22. The standard InChI is InChI=1S/C28H31ClN2O2S/c1-28(2,3)30-27(33)25(18-21-11-6-4-7-12-21)31(19-22-13-10-14-23(29)17-22)26(32)20-34-24-15-8-5-9-16-24/h4-17,25H,18-20H2,1-3H3,(H,30,33)/t25-/m0/s1. The van der Waals surface area contributed by atoms with Crippen LogP contribution in [0, 0.1) is 0 Å². The van der Waals surface area contributed by atoms with Crippen LogP contribution >= 0.6 is 23.4 Å². The number of hydrogen-bond acceptors (Lipinski definition) is 3.